The molecule has 2 fully saturated rings. The second-order valence-electron chi connectivity index (χ2n) is 15.4. The van der Waals surface area contributed by atoms with Crippen LogP contribution in [0.2, 0.25) is 0 Å². The van der Waals surface area contributed by atoms with E-state index in [1.54, 1.807) is 24.2 Å². The van der Waals surface area contributed by atoms with E-state index in [9.17, 15) is 0 Å². The number of benzene rings is 2. The van der Waals surface area contributed by atoms with Gasteiger partial charge in [-0.1, -0.05) is 65.3 Å². The van der Waals surface area contributed by atoms with E-state index in [1.165, 1.54) is 84.7 Å². The molecule has 240 valence electrons. The summed E-state index contributed by atoms with van der Waals surface area (Å²) in [6.07, 6.45) is 23.1. The van der Waals surface area contributed by atoms with Gasteiger partial charge in [-0.2, -0.15) is 29.8 Å². The van der Waals surface area contributed by atoms with Crippen LogP contribution >= 0.6 is 0 Å². The van der Waals surface area contributed by atoms with E-state index in [2.05, 4.69) is 104 Å². The van der Waals surface area contributed by atoms with Crippen molar-refractivity contribution in [2.75, 3.05) is 0 Å². The first-order valence-electron chi connectivity index (χ1n) is 16.9. The Balaban J connectivity index is 0.000000260. The Kier molecular flexibility index (Phi) is 15.6. The van der Waals surface area contributed by atoms with Crippen LogP contribution in [-0.4, -0.2) is 3.21 Å². The molecule has 4 aliphatic rings. The Hall–Kier alpha value is -0.747. The summed E-state index contributed by atoms with van der Waals surface area (Å²) in [5, 5.41) is 0. The summed E-state index contributed by atoms with van der Waals surface area (Å²) >= 11 is 1.73. The van der Waals surface area contributed by atoms with E-state index < -0.39 is 0 Å². The fraction of sp³-hybridized carbons (Fsp3) is 0.585. The van der Waals surface area contributed by atoms with Crippen LogP contribution in [0, 0.1) is 35.8 Å². The van der Waals surface area contributed by atoms with Crippen molar-refractivity contribution in [1.82, 2.24) is 0 Å². The van der Waals surface area contributed by atoms with Crippen LogP contribution in [0.15, 0.2) is 48.6 Å². The maximum atomic E-state index is 3.67. The summed E-state index contributed by atoms with van der Waals surface area (Å²) < 4.78 is 1.91. The number of fused-ring (bicyclic) bond motifs is 3. The molecule has 0 N–H and O–H groups in total. The zero-order chi connectivity index (χ0) is 30.5. The van der Waals surface area contributed by atoms with E-state index in [1.807, 2.05) is 15.4 Å². The summed E-state index contributed by atoms with van der Waals surface area (Å²) in [6, 6.07) is 15.2. The third kappa shape index (κ3) is 10.4. The van der Waals surface area contributed by atoms with Gasteiger partial charge in [0.15, 0.2) is 0 Å². The fourth-order valence-corrected chi connectivity index (χ4v) is 8.36. The monoisotopic (exact) mass is 708 g/mol. The Labute approximate surface area is 298 Å². The van der Waals surface area contributed by atoms with E-state index >= 15 is 0 Å². The van der Waals surface area contributed by atoms with Crippen molar-refractivity contribution in [2.24, 2.45) is 23.7 Å². The van der Waals surface area contributed by atoms with E-state index in [0.717, 1.165) is 36.5 Å². The van der Waals surface area contributed by atoms with Crippen LogP contribution in [0.4, 0.5) is 0 Å². The molecule has 6 rings (SSSR count). The van der Waals surface area contributed by atoms with Crippen LogP contribution < -0.4 is 24.8 Å². The van der Waals surface area contributed by atoms with Crippen molar-refractivity contribution < 1.29 is 49.0 Å². The molecule has 2 unspecified atom stereocenters. The molecule has 3 heteroatoms. The fourth-order valence-electron chi connectivity index (χ4n) is 7.21. The van der Waals surface area contributed by atoms with Crippen molar-refractivity contribution in [3.8, 4) is 11.1 Å². The number of allylic oxidation sites excluding steroid dienone is 4. The number of halogens is 2. The Morgan fingerprint density at radius 1 is 0.773 bits per heavy atom. The zero-order valence-electron chi connectivity index (χ0n) is 28.8. The van der Waals surface area contributed by atoms with Gasteiger partial charge in [-0.15, -0.1) is 17.5 Å². The van der Waals surface area contributed by atoms with Crippen LogP contribution in [0.3, 0.4) is 0 Å². The van der Waals surface area contributed by atoms with Crippen molar-refractivity contribution in [3.63, 3.8) is 0 Å². The van der Waals surface area contributed by atoms with Crippen LogP contribution in [-0.2, 0) is 41.5 Å². The number of rotatable bonds is 4. The van der Waals surface area contributed by atoms with Gasteiger partial charge in [0.1, 0.15) is 0 Å². The molecule has 4 aliphatic carbocycles. The maximum absolute atomic E-state index is 3.67. The SMILES string of the molecule is CC(C)(C)c1[c-]c2c(cc1)-c1ccc(C(C)(C)C)cc1C2.CC([C](=[Zr+2])C(C)C1CCCC1)C1CCCC1.[C-]1=CC=CC1.[Cl-].[Cl-]. The van der Waals surface area contributed by atoms with Gasteiger partial charge in [0.05, 0.1) is 0 Å². The van der Waals surface area contributed by atoms with Crippen molar-refractivity contribution in [1.29, 1.82) is 0 Å². The third-order valence-electron chi connectivity index (χ3n) is 10.2. The molecule has 0 heterocycles. The molecule has 0 saturated heterocycles. The second-order valence-corrected chi connectivity index (χ2v) is 16.9. The third-order valence-corrected chi connectivity index (χ3v) is 12.5. The molecule has 2 aromatic carbocycles. The molecule has 0 aromatic heterocycles. The molecule has 2 atom stereocenters. The molecule has 2 aromatic rings. The molecular formula is C41H56Cl2Zr-2. The van der Waals surface area contributed by atoms with Crippen molar-refractivity contribution in [2.45, 2.75) is 130 Å². The van der Waals surface area contributed by atoms with Crippen LogP contribution in [0.5, 0.6) is 0 Å². The summed E-state index contributed by atoms with van der Waals surface area (Å²) in [4.78, 5) is 0. The van der Waals surface area contributed by atoms with Gasteiger partial charge in [-0.05, 0) is 28.4 Å². The Morgan fingerprint density at radius 2 is 1.32 bits per heavy atom. The van der Waals surface area contributed by atoms with Crippen LogP contribution in [0.1, 0.15) is 135 Å². The van der Waals surface area contributed by atoms with Crippen molar-refractivity contribution >= 4 is 3.21 Å². The maximum Gasteiger partial charge on any atom is -0.109 e. The zero-order valence-corrected chi connectivity index (χ0v) is 32.7. The van der Waals surface area contributed by atoms with E-state index in [-0.39, 0.29) is 35.6 Å². The van der Waals surface area contributed by atoms with Gasteiger partial charge in [-0.3, -0.25) is 6.08 Å². The molecule has 0 nitrogen and oxygen atoms in total. The molecule has 0 radical (unpaired) electrons. The number of hydrogen-bond acceptors (Lipinski definition) is 0. The smallest absolute Gasteiger partial charge is 0.109 e. The van der Waals surface area contributed by atoms with Gasteiger partial charge in [0.2, 0.25) is 0 Å². The largest absolute Gasteiger partial charge is 1.00 e. The van der Waals surface area contributed by atoms with Crippen LogP contribution in [0.25, 0.3) is 11.1 Å². The van der Waals surface area contributed by atoms with Gasteiger partial charge < -0.3 is 24.8 Å². The van der Waals surface area contributed by atoms with Gasteiger partial charge >= 0.3 is 116 Å². The van der Waals surface area contributed by atoms with Gasteiger partial charge in [0.25, 0.3) is 0 Å². The van der Waals surface area contributed by atoms with Gasteiger partial charge in [-0.25, -0.2) is 12.2 Å². The summed E-state index contributed by atoms with van der Waals surface area (Å²) in [5.74, 6) is 3.93. The number of hydrogen-bond donors (Lipinski definition) is 0. The quantitative estimate of drug-likeness (QED) is 0.322. The Bertz CT molecular complexity index is 1160. The summed E-state index contributed by atoms with van der Waals surface area (Å²) in [6.45, 7) is 18.6. The molecule has 2 saturated carbocycles. The first-order valence-corrected chi connectivity index (χ1v) is 18.1. The molecule has 0 aliphatic heterocycles. The summed E-state index contributed by atoms with van der Waals surface area (Å²) in [7, 11) is 0. The minimum absolute atomic E-state index is 0. The predicted octanol–water partition coefficient (Wildman–Crippen LogP) is 5.32. The average molecular weight is 711 g/mol. The average Bonchev–Trinajstić information content (AvgIpc) is 3.77. The molecule has 0 amide bonds. The first kappa shape index (κ1) is 39.4. The van der Waals surface area contributed by atoms with Crippen molar-refractivity contribution in [3.05, 3.63) is 83.0 Å². The van der Waals surface area contributed by atoms with Gasteiger partial charge in [0, 0.05) is 0 Å². The Morgan fingerprint density at radius 3 is 1.75 bits per heavy atom. The topological polar surface area (TPSA) is 0 Å². The molecule has 0 bridgehead atoms. The molecule has 44 heavy (non-hydrogen) atoms. The van der Waals surface area contributed by atoms with E-state index in [4.69, 9.17) is 0 Å². The van der Waals surface area contributed by atoms with E-state index in [0.29, 0.717) is 0 Å². The molecular weight excluding hydrogens is 655 g/mol. The second kappa shape index (κ2) is 17.4. The molecule has 0 spiro atoms. The minimum Gasteiger partial charge on any atom is -1.00 e. The standard InChI is InChI=1S/C21H25.C15H26.C5H5.2ClH.Zr/c1-20(2,3)16-7-9-18-14(12-16)11-15-13-17(21(4,5)6)8-10-19(15)18;1-12(14-7-3-4-8-14)11-13(2)15-9-5-6-10-15;1-2-4-5-3-1;;;/h7-10,12H,11H2,1-6H3;12-15H,3-10H2,1-2H3;1-3H,4H2;2*1H;/q-1;;-1;;;+2/p-2. The summed E-state index contributed by atoms with van der Waals surface area (Å²) in [5.41, 5.74) is 8.70. The predicted molar refractivity (Wildman–Crippen MR) is 180 cm³/mol. The normalized spacial score (nSPS) is 18.6. The first-order chi connectivity index (χ1) is 19.9. The minimum atomic E-state index is 0.